The Balaban J connectivity index is 2.04. The van der Waals surface area contributed by atoms with Gasteiger partial charge >= 0.3 is 6.09 Å². The molecule has 2 aromatic rings. The maximum Gasteiger partial charge on any atom is 0.430 e. The van der Waals surface area contributed by atoms with Gasteiger partial charge in [-0.3, -0.25) is 0 Å². The van der Waals surface area contributed by atoms with E-state index in [0.29, 0.717) is 22.8 Å². The Morgan fingerprint density at radius 1 is 1.04 bits per heavy atom. The van der Waals surface area contributed by atoms with Crippen molar-refractivity contribution in [3.05, 3.63) is 53.6 Å². The van der Waals surface area contributed by atoms with Crippen LogP contribution in [-0.2, 0) is 11.3 Å². The Morgan fingerprint density at radius 3 is 2.19 bits per heavy atom. The van der Waals surface area contributed by atoms with E-state index in [1.54, 1.807) is 12.1 Å². The highest BCUT2D eigenvalue weighted by molar-refractivity contribution is 5.83. The van der Waals surface area contributed by atoms with Crippen LogP contribution < -0.4 is 14.2 Å². The third kappa shape index (κ3) is 4.89. The van der Waals surface area contributed by atoms with E-state index in [0.717, 1.165) is 10.6 Å². The molecule has 0 unspecified atom stereocenters. The molecule has 2 rings (SSSR count). The molecule has 0 saturated carbocycles. The first kappa shape index (κ1) is 19.1. The van der Waals surface area contributed by atoms with Crippen LogP contribution in [0.2, 0.25) is 0 Å². The van der Waals surface area contributed by atoms with Crippen molar-refractivity contribution in [2.45, 2.75) is 6.61 Å². The van der Waals surface area contributed by atoms with Crippen LogP contribution in [0.15, 0.2) is 47.6 Å². The molecule has 7 heteroatoms. The number of hydrogen-bond donors (Lipinski definition) is 0. The Morgan fingerprint density at radius 2 is 1.65 bits per heavy atom. The first-order valence-corrected chi connectivity index (χ1v) is 7.87. The van der Waals surface area contributed by atoms with E-state index in [2.05, 4.69) is 5.10 Å². The molecule has 7 nitrogen and oxygen atoms in total. The fourth-order valence-corrected chi connectivity index (χ4v) is 2.19. The minimum Gasteiger partial charge on any atom is -0.493 e. The monoisotopic (exact) mass is 358 g/mol. The molecule has 0 aliphatic heterocycles. The van der Waals surface area contributed by atoms with Gasteiger partial charge in [-0.25, -0.2) is 9.80 Å². The van der Waals surface area contributed by atoms with Crippen molar-refractivity contribution in [3.63, 3.8) is 0 Å². The van der Waals surface area contributed by atoms with E-state index >= 15 is 0 Å². The Bertz CT molecular complexity index is 737. The highest BCUT2D eigenvalue weighted by Gasteiger charge is 2.13. The summed E-state index contributed by atoms with van der Waals surface area (Å²) in [5, 5.41) is 5.21. The topological polar surface area (TPSA) is 69.6 Å². The number of carbonyl (C=O) groups is 1. The molecule has 0 N–H and O–H groups in total. The second-order valence-corrected chi connectivity index (χ2v) is 5.27. The van der Waals surface area contributed by atoms with Crippen molar-refractivity contribution in [3.8, 4) is 17.2 Å². The van der Waals surface area contributed by atoms with Crippen LogP contribution in [0.4, 0.5) is 4.79 Å². The van der Waals surface area contributed by atoms with Crippen LogP contribution in [0.3, 0.4) is 0 Å². The van der Waals surface area contributed by atoms with Gasteiger partial charge in [0.25, 0.3) is 0 Å². The molecular weight excluding hydrogens is 336 g/mol. The summed E-state index contributed by atoms with van der Waals surface area (Å²) in [7, 11) is 6.11. The molecule has 0 aliphatic rings. The van der Waals surface area contributed by atoms with Crippen LogP contribution in [-0.4, -0.2) is 45.7 Å². The number of benzene rings is 2. The third-order valence-electron chi connectivity index (χ3n) is 3.54. The van der Waals surface area contributed by atoms with Gasteiger partial charge in [-0.15, -0.1) is 0 Å². The summed E-state index contributed by atoms with van der Waals surface area (Å²) < 4.78 is 21.1. The Labute approximate surface area is 152 Å². The number of hydrogen-bond acceptors (Lipinski definition) is 6. The van der Waals surface area contributed by atoms with Crippen LogP contribution >= 0.6 is 0 Å². The molecule has 0 atom stereocenters. The van der Waals surface area contributed by atoms with Crippen molar-refractivity contribution in [2.75, 3.05) is 28.4 Å². The lowest BCUT2D eigenvalue weighted by Gasteiger charge is -2.13. The van der Waals surface area contributed by atoms with E-state index in [-0.39, 0.29) is 6.61 Å². The van der Waals surface area contributed by atoms with Crippen molar-refractivity contribution in [1.82, 2.24) is 5.01 Å². The van der Waals surface area contributed by atoms with Crippen LogP contribution in [0, 0.1) is 0 Å². The van der Waals surface area contributed by atoms with Gasteiger partial charge in [0.05, 0.1) is 27.5 Å². The molecule has 0 radical (unpaired) electrons. The van der Waals surface area contributed by atoms with Crippen molar-refractivity contribution in [1.29, 1.82) is 0 Å². The molecule has 0 aromatic heterocycles. The van der Waals surface area contributed by atoms with E-state index < -0.39 is 6.09 Å². The van der Waals surface area contributed by atoms with Gasteiger partial charge in [0, 0.05) is 12.6 Å². The van der Waals surface area contributed by atoms with Crippen molar-refractivity contribution in [2.24, 2.45) is 5.10 Å². The van der Waals surface area contributed by atoms with Gasteiger partial charge in [-0.2, -0.15) is 5.10 Å². The molecule has 0 saturated heterocycles. The summed E-state index contributed by atoms with van der Waals surface area (Å²) in [5.41, 5.74) is 1.59. The number of methoxy groups -OCH3 is 3. The number of hydrazone groups is 1. The standard InChI is InChI=1S/C19H22N2O5/c1-21(19(22)26-13-14-8-6-5-7-9-14)20-12-15-10-16(23-2)18(25-4)17(11-15)24-3/h5-12H,13H2,1-4H3/b20-12+. The summed E-state index contributed by atoms with van der Waals surface area (Å²) in [6.45, 7) is 0.184. The Hall–Kier alpha value is -3.22. The summed E-state index contributed by atoms with van der Waals surface area (Å²) >= 11 is 0. The van der Waals surface area contributed by atoms with Crippen molar-refractivity contribution < 1.29 is 23.7 Å². The SMILES string of the molecule is COc1cc(/C=N/N(C)C(=O)OCc2ccccc2)cc(OC)c1OC. The molecular formula is C19H22N2O5. The summed E-state index contributed by atoms with van der Waals surface area (Å²) in [6, 6.07) is 12.9. The number of carbonyl (C=O) groups excluding carboxylic acids is 1. The molecule has 1 amide bonds. The molecule has 0 bridgehead atoms. The molecule has 0 aliphatic carbocycles. The second kappa shape index (κ2) is 9.31. The Kier molecular flexibility index (Phi) is 6.84. The summed E-state index contributed by atoms with van der Waals surface area (Å²) in [6.07, 6.45) is 0.950. The van der Waals surface area contributed by atoms with E-state index in [9.17, 15) is 4.79 Å². The molecule has 0 fully saturated rings. The van der Waals surface area contributed by atoms with Gasteiger partial charge in [0.2, 0.25) is 5.75 Å². The highest BCUT2D eigenvalue weighted by Crippen LogP contribution is 2.37. The zero-order valence-corrected chi connectivity index (χ0v) is 15.3. The van der Waals surface area contributed by atoms with Gasteiger partial charge < -0.3 is 18.9 Å². The zero-order chi connectivity index (χ0) is 18.9. The smallest absolute Gasteiger partial charge is 0.430 e. The molecule has 0 spiro atoms. The minimum absolute atomic E-state index is 0.184. The lowest BCUT2D eigenvalue weighted by molar-refractivity contribution is 0.106. The average Bonchev–Trinajstić information content (AvgIpc) is 2.69. The predicted octanol–water partition coefficient (Wildman–Crippen LogP) is 3.31. The van der Waals surface area contributed by atoms with Crippen molar-refractivity contribution >= 4 is 12.3 Å². The van der Waals surface area contributed by atoms with Gasteiger partial charge in [-0.1, -0.05) is 30.3 Å². The lowest BCUT2D eigenvalue weighted by Crippen LogP contribution is -2.22. The molecule has 0 heterocycles. The van der Waals surface area contributed by atoms with Gasteiger partial charge in [0.1, 0.15) is 6.61 Å². The van der Waals surface area contributed by atoms with Crippen LogP contribution in [0.25, 0.3) is 0 Å². The number of amides is 1. The second-order valence-electron chi connectivity index (χ2n) is 5.27. The normalized spacial score (nSPS) is 10.5. The van der Waals surface area contributed by atoms with Crippen LogP contribution in [0.5, 0.6) is 17.2 Å². The maximum absolute atomic E-state index is 12.0. The molecule has 26 heavy (non-hydrogen) atoms. The summed E-state index contributed by atoms with van der Waals surface area (Å²) in [4.78, 5) is 12.0. The maximum atomic E-state index is 12.0. The fourth-order valence-electron chi connectivity index (χ4n) is 2.19. The number of nitrogens with zero attached hydrogens (tertiary/aromatic N) is 2. The minimum atomic E-state index is -0.558. The van der Waals surface area contributed by atoms with E-state index in [4.69, 9.17) is 18.9 Å². The lowest BCUT2D eigenvalue weighted by atomic mass is 10.2. The first-order valence-electron chi connectivity index (χ1n) is 7.87. The average molecular weight is 358 g/mol. The van der Waals surface area contributed by atoms with E-state index in [1.165, 1.54) is 34.6 Å². The zero-order valence-electron chi connectivity index (χ0n) is 15.3. The number of ether oxygens (including phenoxy) is 4. The number of rotatable bonds is 7. The van der Waals surface area contributed by atoms with Crippen LogP contribution in [0.1, 0.15) is 11.1 Å². The summed E-state index contributed by atoms with van der Waals surface area (Å²) in [5.74, 6) is 1.49. The quantitative estimate of drug-likeness (QED) is 0.561. The largest absolute Gasteiger partial charge is 0.493 e. The van der Waals surface area contributed by atoms with Gasteiger partial charge in [-0.05, 0) is 17.7 Å². The van der Waals surface area contributed by atoms with E-state index in [1.807, 2.05) is 30.3 Å². The third-order valence-corrected chi connectivity index (χ3v) is 3.54. The first-order chi connectivity index (χ1) is 12.6. The predicted molar refractivity (Wildman–Crippen MR) is 98.1 cm³/mol. The molecule has 2 aromatic carbocycles. The molecule has 138 valence electrons. The highest BCUT2D eigenvalue weighted by atomic mass is 16.6. The fraction of sp³-hybridized carbons (Fsp3) is 0.263. The van der Waals surface area contributed by atoms with Gasteiger partial charge in [0.15, 0.2) is 11.5 Å².